The monoisotopic (exact) mass is 419 g/mol. The van der Waals surface area contributed by atoms with Gasteiger partial charge in [0.2, 0.25) is 10.7 Å². The van der Waals surface area contributed by atoms with Gasteiger partial charge in [0.25, 0.3) is 10.0 Å². The lowest BCUT2D eigenvalue weighted by Crippen LogP contribution is -2.19. The van der Waals surface area contributed by atoms with E-state index in [4.69, 9.17) is 4.74 Å². The molecule has 0 atom stereocenters. The lowest BCUT2D eigenvalue weighted by molar-refractivity contribution is -0.114. The lowest BCUT2D eigenvalue weighted by atomic mass is 10.2. The Balaban J connectivity index is 2.15. The van der Waals surface area contributed by atoms with Crippen molar-refractivity contribution in [2.75, 3.05) is 19.0 Å². The van der Waals surface area contributed by atoms with Crippen molar-refractivity contribution in [3.8, 4) is 0 Å². The Kier molecular flexibility index (Phi) is 5.97. The number of thiazole rings is 1. The van der Waals surface area contributed by atoms with E-state index in [-0.39, 0.29) is 10.8 Å². The van der Waals surface area contributed by atoms with Gasteiger partial charge < -0.3 is 14.6 Å². The van der Waals surface area contributed by atoms with Crippen LogP contribution in [0.2, 0.25) is 0 Å². The zero-order chi connectivity index (χ0) is 20.3. The SMILES string of the molecule is COCCn1/c(=N/S(=O)(=O)c2ccc(C)cc2)sc2cc(NC(C)=O)ccc21. The van der Waals surface area contributed by atoms with Crippen molar-refractivity contribution in [3.05, 3.63) is 52.8 Å². The third kappa shape index (κ3) is 4.49. The second-order valence-electron chi connectivity index (χ2n) is 6.27. The highest BCUT2D eigenvalue weighted by Gasteiger charge is 2.15. The van der Waals surface area contributed by atoms with Crippen molar-refractivity contribution in [3.63, 3.8) is 0 Å². The topological polar surface area (TPSA) is 89.8 Å². The Hall–Kier alpha value is -2.49. The fourth-order valence-electron chi connectivity index (χ4n) is 2.69. The number of fused-ring (bicyclic) bond motifs is 1. The van der Waals surface area contributed by atoms with Crippen LogP contribution < -0.4 is 10.1 Å². The van der Waals surface area contributed by atoms with Gasteiger partial charge in [0.1, 0.15) is 0 Å². The molecule has 0 aliphatic carbocycles. The van der Waals surface area contributed by atoms with Gasteiger partial charge in [-0.15, -0.1) is 4.40 Å². The van der Waals surface area contributed by atoms with Crippen LogP contribution in [0.3, 0.4) is 0 Å². The first kappa shape index (κ1) is 20.2. The predicted molar refractivity (Wildman–Crippen MR) is 110 cm³/mol. The highest BCUT2D eigenvalue weighted by Crippen LogP contribution is 2.23. The first-order valence-electron chi connectivity index (χ1n) is 8.58. The van der Waals surface area contributed by atoms with Crippen LogP contribution in [0.15, 0.2) is 51.8 Å². The first-order valence-corrected chi connectivity index (χ1v) is 10.8. The average molecular weight is 420 g/mol. The van der Waals surface area contributed by atoms with Crippen LogP contribution in [0.25, 0.3) is 10.2 Å². The number of aromatic nitrogens is 1. The molecule has 3 rings (SSSR count). The third-order valence-corrected chi connectivity index (χ3v) is 6.48. The maximum atomic E-state index is 12.8. The molecule has 0 saturated heterocycles. The molecule has 0 spiro atoms. The van der Waals surface area contributed by atoms with E-state index < -0.39 is 10.0 Å². The van der Waals surface area contributed by atoms with Crippen LogP contribution in [-0.4, -0.2) is 32.6 Å². The highest BCUT2D eigenvalue weighted by atomic mass is 32.2. The van der Waals surface area contributed by atoms with Crippen LogP contribution >= 0.6 is 11.3 Å². The smallest absolute Gasteiger partial charge is 0.285 e. The summed E-state index contributed by atoms with van der Waals surface area (Å²) < 4.78 is 37.4. The molecule has 0 bridgehead atoms. The van der Waals surface area contributed by atoms with Crippen LogP contribution in [-0.2, 0) is 26.1 Å². The van der Waals surface area contributed by atoms with Gasteiger partial charge in [0, 0.05) is 26.3 Å². The second kappa shape index (κ2) is 8.26. The largest absolute Gasteiger partial charge is 0.383 e. The molecule has 148 valence electrons. The number of hydrogen-bond donors (Lipinski definition) is 1. The summed E-state index contributed by atoms with van der Waals surface area (Å²) >= 11 is 1.25. The number of benzene rings is 2. The minimum atomic E-state index is -3.85. The van der Waals surface area contributed by atoms with Gasteiger partial charge >= 0.3 is 0 Å². The summed E-state index contributed by atoms with van der Waals surface area (Å²) in [6, 6.07) is 12.0. The number of sulfonamides is 1. The quantitative estimate of drug-likeness (QED) is 0.665. The van der Waals surface area contributed by atoms with Gasteiger partial charge in [-0.2, -0.15) is 8.42 Å². The first-order chi connectivity index (χ1) is 13.3. The predicted octanol–water partition coefficient (Wildman–Crippen LogP) is 2.91. The molecule has 1 heterocycles. The van der Waals surface area contributed by atoms with Crippen LogP contribution in [0.1, 0.15) is 12.5 Å². The van der Waals surface area contributed by atoms with Crippen LogP contribution in [0, 0.1) is 6.92 Å². The minimum Gasteiger partial charge on any atom is -0.383 e. The summed E-state index contributed by atoms with van der Waals surface area (Å²) in [5, 5.41) is 2.73. The molecular weight excluding hydrogens is 398 g/mol. The van der Waals surface area contributed by atoms with E-state index in [1.165, 1.54) is 18.3 Å². The number of methoxy groups -OCH3 is 1. The summed E-state index contributed by atoms with van der Waals surface area (Å²) in [6.45, 7) is 4.20. The van der Waals surface area contributed by atoms with Crippen molar-refractivity contribution < 1.29 is 17.9 Å². The van der Waals surface area contributed by atoms with E-state index in [0.717, 1.165) is 15.8 Å². The van der Waals surface area contributed by atoms with E-state index in [0.29, 0.717) is 23.6 Å². The molecule has 0 unspecified atom stereocenters. The minimum absolute atomic E-state index is 0.146. The number of carbonyl (C=O) groups is 1. The Labute approximate surface area is 167 Å². The molecule has 3 aromatic rings. The van der Waals surface area contributed by atoms with Crippen LogP contribution in [0.4, 0.5) is 5.69 Å². The maximum absolute atomic E-state index is 12.8. The van der Waals surface area contributed by atoms with Gasteiger partial charge in [-0.1, -0.05) is 29.0 Å². The number of anilines is 1. The number of carbonyl (C=O) groups excluding carboxylic acids is 1. The number of aryl methyl sites for hydroxylation is 1. The fourth-order valence-corrected chi connectivity index (χ4v) is 4.99. The molecule has 0 radical (unpaired) electrons. The molecule has 0 aliphatic rings. The maximum Gasteiger partial charge on any atom is 0.285 e. The van der Waals surface area contributed by atoms with Gasteiger partial charge in [0.05, 0.1) is 21.7 Å². The molecule has 1 aromatic heterocycles. The van der Waals surface area contributed by atoms with E-state index in [1.807, 2.05) is 23.6 Å². The molecule has 28 heavy (non-hydrogen) atoms. The van der Waals surface area contributed by atoms with E-state index in [2.05, 4.69) is 9.71 Å². The molecule has 7 nitrogen and oxygen atoms in total. The van der Waals surface area contributed by atoms with E-state index in [1.54, 1.807) is 37.4 Å². The number of nitrogens with zero attached hydrogens (tertiary/aromatic N) is 2. The number of ether oxygens (including phenoxy) is 1. The zero-order valence-corrected chi connectivity index (χ0v) is 17.4. The molecule has 1 amide bonds. The summed E-state index contributed by atoms with van der Waals surface area (Å²) in [7, 11) is -2.26. The Morgan fingerprint density at radius 1 is 1.21 bits per heavy atom. The summed E-state index contributed by atoms with van der Waals surface area (Å²) in [4.78, 5) is 11.8. The Bertz CT molecular complexity index is 1180. The molecule has 0 aliphatic heterocycles. The molecule has 9 heteroatoms. The van der Waals surface area contributed by atoms with Gasteiger partial charge in [-0.05, 0) is 37.3 Å². The van der Waals surface area contributed by atoms with Crippen LogP contribution in [0.5, 0.6) is 0 Å². The second-order valence-corrected chi connectivity index (χ2v) is 8.89. The van der Waals surface area contributed by atoms with Gasteiger partial charge in [-0.25, -0.2) is 0 Å². The summed E-state index contributed by atoms with van der Waals surface area (Å²) in [5.41, 5.74) is 2.45. The molecule has 0 fully saturated rings. The lowest BCUT2D eigenvalue weighted by Gasteiger charge is -2.06. The molecule has 1 N–H and O–H groups in total. The van der Waals surface area contributed by atoms with E-state index >= 15 is 0 Å². The number of nitrogens with one attached hydrogen (secondary N) is 1. The van der Waals surface area contributed by atoms with E-state index in [9.17, 15) is 13.2 Å². The zero-order valence-electron chi connectivity index (χ0n) is 15.8. The molecule has 2 aromatic carbocycles. The molecular formula is C19H21N3O4S2. The normalized spacial score (nSPS) is 12.5. The Morgan fingerprint density at radius 2 is 1.93 bits per heavy atom. The van der Waals surface area contributed by atoms with Crippen molar-refractivity contribution >= 4 is 43.2 Å². The number of rotatable bonds is 6. The van der Waals surface area contributed by atoms with Crippen molar-refractivity contribution in [2.24, 2.45) is 4.40 Å². The summed E-state index contributed by atoms with van der Waals surface area (Å²) in [5.74, 6) is -0.171. The average Bonchev–Trinajstić information content (AvgIpc) is 2.95. The number of amides is 1. The summed E-state index contributed by atoms with van der Waals surface area (Å²) in [6.07, 6.45) is 0. The van der Waals surface area contributed by atoms with Gasteiger partial charge in [0.15, 0.2) is 0 Å². The standard InChI is InChI=1S/C19H21N3O4S2/c1-13-4-7-16(8-5-13)28(24,25)21-19-22(10-11-26-3)17-9-6-15(20-14(2)23)12-18(17)27-19/h4-9,12H,10-11H2,1-3H3,(H,20,23)/b21-19-. The van der Waals surface area contributed by atoms with Crippen molar-refractivity contribution in [1.29, 1.82) is 0 Å². The Morgan fingerprint density at radius 3 is 2.57 bits per heavy atom. The van der Waals surface area contributed by atoms with Crippen molar-refractivity contribution in [1.82, 2.24) is 4.57 Å². The van der Waals surface area contributed by atoms with Gasteiger partial charge in [-0.3, -0.25) is 4.79 Å². The number of hydrogen-bond acceptors (Lipinski definition) is 5. The highest BCUT2D eigenvalue weighted by molar-refractivity contribution is 7.90. The van der Waals surface area contributed by atoms with Crippen molar-refractivity contribution in [2.45, 2.75) is 25.3 Å². The third-order valence-electron chi connectivity index (χ3n) is 4.04. The molecule has 0 saturated carbocycles. The fraction of sp³-hybridized carbons (Fsp3) is 0.263.